The van der Waals surface area contributed by atoms with E-state index in [0.29, 0.717) is 16.3 Å². The molecule has 84 valence electrons. The maximum Gasteiger partial charge on any atom is 0.178 e. The number of aromatic nitrogens is 2. The van der Waals surface area contributed by atoms with Crippen LogP contribution >= 0.6 is 23.8 Å². The zero-order valence-electron chi connectivity index (χ0n) is 8.79. The number of fused-ring (bicyclic) bond motifs is 1. The standard InChI is InChI=1S/C11H11ClN2OS/c1-7(12)6-14-10-5-8(15-2)3-4-9(10)13-11(14)16/h3-5H,1,6H2,2H3,(H,13,16). The summed E-state index contributed by atoms with van der Waals surface area (Å²) in [5.41, 5.74) is 1.93. The second-order valence-corrected chi connectivity index (χ2v) is 4.34. The zero-order chi connectivity index (χ0) is 11.7. The molecule has 16 heavy (non-hydrogen) atoms. The first-order chi connectivity index (χ1) is 7.61. The molecule has 0 spiro atoms. The number of halogens is 1. The lowest BCUT2D eigenvalue weighted by Crippen LogP contribution is -1.97. The average Bonchev–Trinajstić information content (AvgIpc) is 2.54. The maximum atomic E-state index is 5.81. The summed E-state index contributed by atoms with van der Waals surface area (Å²) in [6.45, 7) is 4.17. The van der Waals surface area contributed by atoms with Gasteiger partial charge in [-0.15, -0.1) is 0 Å². The Hall–Kier alpha value is -1.26. The zero-order valence-corrected chi connectivity index (χ0v) is 10.4. The van der Waals surface area contributed by atoms with Gasteiger partial charge in [0.15, 0.2) is 4.77 Å². The van der Waals surface area contributed by atoms with E-state index in [0.717, 1.165) is 16.8 Å². The van der Waals surface area contributed by atoms with Gasteiger partial charge in [-0.2, -0.15) is 0 Å². The normalized spacial score (nSPS) is 10.6. The monoisotopic (exact) mass is 254 g/mol. The van der Waals surface area contributed by atoms with Crippen LogP contribution in [0.15, 0.2) is 29.8 Å². The summed E-state index contributed by atoms with van der Waals surface area (Å²) < 4.78 is 7.70. The number of nitrogens with zero attached hydrogens (tertiary/aromatic N) is 1. The molecule has 1 aromatic carbocycles. The number of benzene rings is 1. The van der Waals surface area contributed by atoms with E-state index in [1.165, 1.54) is 0 Å². The van der Waals surface area contributed by atoms with Crippen LogP contribution in [0.3, 0.4) is 0 Å². The molecule has 0 fully saturated rings. The number of ether oxygens (including phenoxy) is 1. The quantitative estimate of drug-likeness (QED) is 0.851. The summed E-state index contributed by atoms with van der Waals surface area (Å²) in [5.74, 6) is 0.787. The number of imidazole rings is 1. The number of nitrogens with one attached hydrogen (secondary N) is 1. The van der Waals surface area contributed by atoms with Crippen molar-refractivity contribution in [3.63, 3.8) is 0 Å². The Bertz CT molecular complexity index is 600. The van der Waals surface area contributed by atoms with E-state index in [1.807, 2.05) is 22.8 Å². The third-order valence-electron chi connectivity index (χ3n) is 2.31. The predicted molar refractivity (Wildman–Crippen MR) is 68.7 cm³/mol. The van der Waals surface area contributed by atoms with E-state index in [1.54, 1.807) is 7.11 Å². The van der Waals surface area contributed by atoms with Crippen molar-refractivity contribution < 1.29 is 4.74 Å². The van der Waals surface area contributed by atoms with Gasteiger partial charge in [0.25, 0.3) is 0 Å². The fourth-order valence-corrected chi connectivity index (χ4v) is 1.98. The maximum absolute atomic E-state index is 5.81. The van der Waals surface area contributed by atoms with Crippen LogP contribution in [0.25, 0.3) is 11.0 Å². The molecule has 0 aliphatic heterocycles. The first-order valence-corrected chi connectivity index (χ1v) is 5.50. The van der Waals surface area contributed by atoms with Gasteiger partial charge in [-0.3, -0.25) is 0 Å². The van der Waals surface area contributed by atoms with Gasteiger partial charge in [0.1, 0.15) is 5.75 Å². The fourth-order valence-electron chi connectivity index (χ4n) is 1.59. The molecule has 0 aliphatic rings. The molecule has 0 bridgehead atoms. The molecular formula is C11H11ClN2OS. The summed E-state index contributed by atoms with van der Waals surface area (Å²) in [5, 5.41) is 0.541. The number of methoxy groups -OCH3 is 1. The van der Waals surface area contributed by atoms with E-state index in [-0.39, 0.29) is 0 Å². The number of rotatable bonds is 3. The van der Waals surface area contributed by atoms with Crippen LogP contribution in [0, 0.1) is 4.77 Å². The van der Waals surface area contributed by atoms with Gasteiger partial charge in [-0.05, 0) is 24.4 Å². The summed E-state index contributed by atoms with van der Waals surface area (Å²) in [4.78, 5) is 3.11. The highest BCUT2D eigenvalue weighted by Crippen LogP contribution is 2.21. The van der Waals surface area contributed by atoms with Crippen LogP contribution in [0.1, 0.15) is 0 Å². The largest absolute Gasteiger partial charge is 0.497 e. The highest BCUT2D eigenvalue weighted by molar-refractivity contribution is 7.71. The number of hydrogen-bond acceptors (Lipinski definition) is 2. The Morgan fingerprint density at radius 3 is 3.00 bits per heavy atom. The van der Waals surface area contributed by atoms with Gasteiger partial charge in [-0.25, -0.2) is 0 Å². The third-order valence-corrected chi connectivity index (χ3v) is 2.75. The molecule has 2 rings (SSSR count). The van der Waals surface area contributed by atoms with Crippen molar-refractivity contribution in [1.82, 2.24) is 9.55 Å². The van der Waals surface area contributed by atoms with Crippen molar-refractivity contribution in [2.45, 2.75) is 6.54 Å². The van der Waals surface area contributed by atoms with Crippen LogP contribution in [-0.4, -0.2) is 16.7 Å². The molecule has 0 aliphatic carbocycles. The van der Waals surface area contributed by atoms with Crippen molar-refractivity contribution in [2.75, 3.05) is 7.11 Å². The van der Waals surface area contributed by atoms with Crippen LogP contribution in [-0.2, 0) is 6.54 Å². The van der Waals surface area contributed by atoms with E-state index in [2.05, 4.69) is 11.6 Å². The molecule has 1 aromatic heterocycles. The minimum Gasteiger partial charge on any atom is -0.497 e. The minimum absolute atomic E-state index is 0.494. The Labute approximate surface area is 103 Å². The number of hydrogen-bond donors (Lipinski definition) is 1. The smallest absolute Gasteiger partial charge is 0.178 e. The second-order valence-electron chi connectivity index (χ2n) is 3.42. The van der Waals surface area contributed by atoms with Gasteiger partial charge in [0, 0.05) is 11.1 Å². The number of allylic oxidation sites excluding steroid dienone is 1. The Balaban J connectivity index is 2.65. The Kier molecular flexibility index (Phi) is 3.03. The number of aromatic amines is 1. The van der Waals surface area contributed by atoms with E-state index in [4.69, 9.17) is 28.6 Å². The summed E-state index contributed by atoms with van der Waals surface area (Å²) in [6.07, 6.45) is 0. The lowest BCUT2D eigenvalue weighted by molar-refractivity contribution is 0.415. The highest BCUT2D eigenvalue weighted by Gasteiger charge is 2.06. The average molecular weight is 255 g/mol. The van der Waals surface area contributed by atoms with Crippen LogP contribution in [0.5, 0.6) is 5.75 Å². The molecule has 0 atom stereocenters. The van der Waals surface area contributed by atoms with Crippen molar-refractivity contribution in [3.05, 3.63) is 34.6 Å². The number of H-pyrrole nitrogens is 1. The third kappa shape index (κ3) is 1.99. The molecule has 1 N–H and O–H groups in total. The highest BCUT2D eigenvalue weighted by atomic mass is 35.5. The molecule has 0 amide bonds. The van der Waals surface area contributed by atoms with Crippen LogP contribution in [0.4, 0.5) is 0 Å². The SMILES string of the molecule is C=C(Cl)Cn1c(=S)[nH]c2ccc(OC)cc21. The van der Waals surface area contributed by atoms with Gasteiger partial charge in [0.2, 0.25) is 0 Å². The molecule has 1 heterocycles. The first kappa shape index (κ1) is 11.2. The summed E-state index contributed by atoms with van der Waals surface area (Å²) >= 11 is 11.0. The van der Waals surface area contributed by atoms with E-state index in [9.17, 15) is 0 Å². The second kappa shape index (κ2) is 4.31. The van der Waals surface area contributed by atoms with Gasteiger partial charge >= 0.3 is 0 Å². The Morgan fingerprint density at radius 1 is 1.62 bits per heavy atom. The van der Waals surface area contributed by atoms with Gasteiger partial charge in [-0.1, -0.05) is 18.2 Å². The van der Waals surface area contributed by atoms with Crippen LogP contribution in [0.2, 0.25) is 0 Å². The van der Waals surface area contributed by atoms with Crippen LogP contribution < -0.4 is 4.74 Å². The molecular weight excluding hydrogens is 244 g/mol. The first-order valence-electron chi connectivity index (χ1n) is 4.71. The lowest BCUT2D eigenvalue weighted by atomic mass is 10.3. The van der Waals surface area contributed by atoms with E-state index >= 15 is 0 Å². The lowest BCUT2D eigenvalue weighted by Gasteiger charge is -2.04. The van der Waals surface area contributed by atoms with Crippen molar-refractivity contribution in [1.29, 1.82) is 0 Å². The Morgan fingerprint density at radius 2 is 2.38 bits per heavy atom. The fraction of sp³-hybridized carbons (Fsp3) is 0.182. The molecule has 0 radical (unpaired) electrons. The molecule has 5 heteroatoms. The molecule has 0 saturated heterocycles. The topological polar surface area (TPSA) is 29.9 Å². The van der Waals surface area contributed by atoms with Crippen molar-refractivity contribution in [3.8, 4) is 5.75 Å². The predicted octanol–water partition coefficient (Wildman–Crippen LogP) is 3.46. The minimum atomic E-state index is 0.494. The molecule has 2 aromatic rings. The summed E-state index contributed by atoms with van der Waals surface area (Å²) in [7, 11) is 1.63. The summed E-state index contributed by atoms with van der Waals surface area (Å²) in [6, 6.07) is 5.73. The molecule has 0 unspecified atom stereocenters. The molecule has 3 nitrogen and oxygen atoms in total. The van der Waals surface area contributed by atoms with Crippen molar-refractivity contribution >= 4 is 34.9 Å². The van der Waals surface area contributed by atoms with Gasteiger partial charge in [0.05, 0.1) is 24.7 Å². The molecule has 0 saturated carbocycles. The van der Waals surface area contributed by atoms with Crippen molar-refractivity contribution in [2.24, 2.45) is 0 Å². The van der Waals surface area contributed by atoms with Gasteiger partial charge < -0.3 is 14.3 Å². The van der Waals surface area contributed by atoms with E-state index < -0.39 is 0 Å².